The maximum atomic E-state index is 11.9. The number of benzene rings is 1. The molecule has 0 unspecified atom stereocenters. The second kappa shape index (κ2) is 9.22. The maximum absolute atomic E-state index is 11.9. The quantitative estimate of drug-likeness (QED) is 0.244. The van der Waals surface area contributed by atoms with Crippen LogP contribution in [-0.4, -0.2) is 47.6 Å². The summed E-state index contributed by atoms with van der Waals surface area (Å²) in [6.07, 6.45) is 6.23. The topological polar surface area (TPSA) is 111 Å². The van der Waals surface area contributed by atoms with E-state index in [9.17, 15) is 9.59 Å². The van der Waals surface area contributed by atoms with Crippen LogP contribution in [0.15, 0.2) is 36.0 Å². The van der Waals surface area contributed by atoms with Gasteiger partial charge in [-0.25, -0.2) is 0 Å². The molecule has 1 saturated carbocycles. The van der Waals surface area contributed by atoms with E-state index < -0.39 is 5.91 Å². The number of nitrogens with two attached hydrogens (primary N) is 1. The standard InChI is InChI=1S/C22H31N5O2/c1-14-12-18(27-10-3-11-27)8-9-20(14)25-13-19(22(24)29)21(23)26-17-6-4-16(5-7-17)15(2)28/h4-7,13-14,18,20,25H,3,8-12H2,1-2H3,(H2,23,26)(H2,24,29)/b19-13+/t14-,18-,20-/m0/s1. The molecule has 1 saturated heterocycles. The van der Waals surface area contributed by atoms with Crippen LogP contribution >= 0.6 is 0 Å². The summed E-state index contributed by atoms with van der Waals surface area (Å²) in [7, 11) is 0. The molecule has 7 heteroatoms. The van der Waals surface area contributed by atoms with E-state index >= 15 is 0 Å². The van der Waals surface area contributed by atoms with E-state index in [1.54, 1.807) is 30.5 Å². The minimum Gasteiger partial charge on any atom is -0.387 e. The van der Waals surface area contributed by atoms with Gasteiger partial charge in [-0.2, -0.15) is 0 Å². The molecule has 3 rings (SSSR count). The van der Waals surface area contributed by atoms with Crippen molar-refractivity contribution >= 4 is 23.2 Å². The van der Waals surface area contributed by atoms with Gasteiger partial charge >= 0.3 is 0 Å². The summed E-state index contributed by atoms with van der Waals surface area (Å²) in [5.41, 5.74) is 6.84. The van der Waals surface area contributed by atoms with Crippen molar-refractivity contribution in [3.63, 3.8) is 0 Å². The van der Waals surface area contributed by atoms with Gasteiger partial charge in [0.25, 0.3) is 5.91 Å². The molecule has 7 nitrogen and oxygen atoms in total. The first-order valence-electron chi connectivity index (χ1n) is 10.3. The lowest BCUT2D eigenvalue weighted by Gasteiger charge is -2.44. The highest BCUT2D eigenvalue weighted by molar-refractivity contribution is 6.23. The smallest absolute Gasteiger partial charge is 0.253 e. The number of carbonyl (C=O) groups excluding carboxylic acids is 2. The lowest BCUT2D eigenvalue weighted by Crippen LogP contribution is -2.50. The van der Waals surface area contributed by atoms with Gasteiger partial charge in [-0.1, -0.05) is 6.92 Å². The van der Waals surface area contributed by atoms with Crippen molar-refractivity contribution in [2.24, 2.45) is 11.7 Å². The van der Waals surface area contributed by atoms with Gasteiger partial charge in [-0.15, -0.1) is 0 Å². The minimum atomic E-state index is -0.655. The molecule has 1 aromatic carbocycles. The van der Waals surface area contributed by atoms with E-state index in [0.29, 0.717) is 23.2 Å². The predicted octanol–water partition coefficient (Wildman–Crippen LogP) is 2.50. The Bertz CT molecular complexity index is 798. The Labute approximate surface area is 172 Å². The lowest BCUT2D eigenvalue weighted by atomic mass is 9.81. The fourth-order valence-electron chi connectivity index (χ4n) is 4.11. The zero-order chi connectivity index (χ0) is 21.0. The normalized spacial score (nSPS) is 25.0. The summed E-state index contributed by atoms with van der Waals surface area (Å²) in [4.78, 5) is 25.8. The van der Waals surface area contributed by atoms with Crippen molar-refractivity contribution in [1.82, 2.24) is 10.2 Å². The number of amides is 1. The molecule has 1 amide bonds. The summed E-state index contributed by atoms with van der Waals surface area (Å²) >= 11 is 0. The van der Waals surface area contributed by atoms with Crippen molar-refractivity contribution in [2.75, 3.05) is 18.4 Å². The fraction of sp³-hybridized carbons (Fsp3) is 0.500. The van der Waals surface area contributed by atoms with Gasteiger partial charge in [-0.3, -0.25) is 15.0 Å². The number of rotatable bonds is 7. The van der Waals surface area contributed by atoms with Crippen LogP contribution in [0.3, 0.4) is 0 Å². The van der Waals surface area contributed by atoms with Gasteiger partial charge in [0.05, 0.1) is 5.57 Å². The van der Waals surface area contributed by atoms with Crippen LogP contribution < -0.4 is 16.4 Å². The summed E-state index contributed by atoms with van der Waals surface area (Å²) in [6.45, 7) is 6.18. The fourth-order valence-corrected chi connectivity index (χ4v) is 4.11. The number of carbonyl (C=O) groups is 2. The van der Waals surface area contributed by atoms with Crippen LogP contribution in [-0.2, 0) is 4.79 Å². The van der Waals surface area contributed by atoms with Gasteiger partial charge in [0, 0.05) is 29.5 Å². The molecule has 1 aliphatic carbocycles. The molecule has 0 bridgehead atoms. The van der Waals surface area contributed by atoms with Crippen molar-refractivity contribution in [1.29, 1.82) is 5.41 Å². The van der Waals surface area contributed by atoms with Crippen molar-refractivity contribution in [3.8, 4) is 0 Å². The van der Waals surface area contributed by atoms with E-state index in [1.165, 1.54) is 26.4 Å². The van der Waals surface area contributed by atoms with Crippen LogP contribution in [0.2, 0.25) is 0 Å². The Morgan fingerprint density at radius 2 is 1.90 bits per heavy atom. The Morgan fingerprint density at radius 1 is 1.21 bits per heavy atom. The molecule has 5 N–H and O–H groups in total. The Hall–Kier alpha value is -2.67. The third kappa shape index (κ3) is 5.23. The molecule has 0 radical (unpaired) electrons. The van der Waals surface area contributed by atoms with Crippen LogP contribution in [0.5, 0.6) is 0 Å². The molecular weight excluding hydrogens is 366 g/mol. The zero-order valence-electron chi connectivity index (χ0n) is 17.2. The Morgan fingerprint density at radius 3 is 2.41 bits per heavy atom. The SMILES string of the molecule is CC(=O)c1ccc(NC(=N)/C(=C\N[C@H]2CC[C@H](N3CCC3)C[C@@H]2C)C(N)=O)cc1. The van der Waals surface area contributed by atoms with Crippen molar-refractivity contribution in [2.45, 2.75) is 51.6 Å². The average Bonchev–Trinajstić information content (AvgIpc) is 2.62. The third-order valence-corrected chi connectivity index (χ3v) is 6.09. The van der Waals surface area contributed by atoms with E-state index in [0.717, 1.165) is 19.3 Å². The number of ketones is 1. The van der Waals surface area contributed by atoms with Gasteiger partial charge in [0.2, 0.25) is 0 Å². The molecule has 0 aromatic heterocycles. The summed E-state index contributed by atoms with van der Waals surface area (Å²) in [5.74, 6) is -0.257. The van der Waals surface area contributed by atoms with Crippen LogP contribution in [0.25, 0.3) is 0 Å². The molecule has 156 valence electrons. The van der Waals surface area contributed by atoms with Gasteiger partial charge in [0.1, 0.15) is 5.84 Å². The summed E-state index contributed by atoms with van der Waals surface area (Å²) in [5, 5.41) is 14.5. The highest BCUT2D eigenvalue weighted by Gasteiger charge is 2.32. The molecule has 29 heavy (non-hydrogen) atoms. The monoisotopic (exact) mass is 397 g/mol. The molecule has 2 fully saturated rings. The average molecular weight is 398 g/mol. The lowest BCUT2D eigenvalue weighted by molar-refractivity contribution is -0.114. The highest BCUT2D eigenvalue weighted by atomic mass is 16.1. The molecule has 3 atom stereocenters. The molecular formula is C22H31N5O2. The predicted molar refractivity (Wildman–Crippen MR) is 115 cm³/mol. The first-order chi connectivity index (χ1) is 13.8. The number of Topliss-reactive ketones (excluding diaryl/α,β-unsaturated/α-hetero) is 1. The van der Waals surface area contributed by atoms with Gasteiger partial charge in [-0.05, 0) is 75.9 Å². The number of nitrogens with one attached hydrogen (secondary N) is 3. The van der Waals surface area contributed by atoms with E-state index in [1.807, 2.05) is 0 Å². The third-order valence-electron chi connectivity index (χ3n) is 6.09. The minimum absolute atomic E-state index is 0.0218. The Balaban J connectivity index is 1.59. The van der Waals surface area contributed by atoms with E-state index in [-0.39, 0.29) is 23.2 Å². The number of amidine groups is 1. The van der Waals surface area contributed by atoms with Gasteiger partial charge in [0.15, 0.2) is 5.78 Å². The second-order valence-corrected chi connectivity index (χ2v) is 8.16. The number of primary amides is 1. The molecule has 1 aliphatic heterocycles. The molecule has 2 aliphatic rings. The second-order valence-electron chi connectivity index (χ2n) is 8.16. The first-order valence-corrected chi connectivity index (χ1v) is 10.3. The summed E-state index contributed by atoms with van der Waals surface area (Å²) in [6, 6.07) is 7.72. The zero-order valence-corrected chi connectivity index (χ0v) is 17.2. The maximum Gasteiger partial charge on any atom is 0.253 e. The number of nitrogens with zero attached hydrogens (tertiary/aromatic N) is 1. The number of hydrogen-bond donors (Lipinski definition) is 4. The molecule has 1 heterocycles. The van der Waals surface area contributed by atoms with Crippen molar-refractivity contribution < 1.29 is 9.59 Å². The summed E-state index contributed by atoms with van der Waals surface area (Å²) < 4.78 is 0. The van der Waals surface area contributed by atoms with E-state index in [2.05, 4.69) is 22.5 Å². The number of hydrogen-bond acceptors (Lipinski definition) is 5. The molecule has 1 aromatic rings. The number of anilines is 1. The number of likely N-dealkylation sites (tertiary alicyclic amines) is 1. The van der Waals surface area contributed by atoms with Crippen LogP contribution in [0.1, 0.15) is 49.9 Å². The van der Waals surface area contributed by atoms with E-state index in [4.69, 9.17) is 11.1 Å². The molecule has 0 spiro atoms. The Kier molecular flexibility index (Phi) is 6.69. The largest absolute Gasteiger partial charge is 0.387 e. The van der Waals surface area contributed by atoms with Crippen LogP contribution in [0, 0.1) is 11.3 Å². The van der Waals surface area contributed by atoms with Crippen LogP contribution in [0.4, 0.5) is 5.69 Å². The first kappa shape index (κ1) is 21.0. The van der Waals surface area contributed by atoms with Crippen molar-refractivity contribution in [3.05, 3.63) is 41.6 Å². The van der Waals surface area contributed by atoms with Gasteiger partial charge < -0.3 is 21.3 Å². The highest BCUT2D eigenvalue weighted by Crippen LogP contribution is 2.30.